The Bertz CT molecular complexity index is 887. The van der Waals surface area contributed by atoms with Crippen molar-refractivity contribution in [3.05, 3.63) is 39.9 Å². The van der Waals surface area contributed by atoms with Gasteiger partial charge >= 0.3 is 0 Å². The Morgan fingerprint density at radius 2 is 2.05 bits per heavy atom. The third kappa shape index (κ3) is 2.64. The van der Waals surface area contributed by atoms with Crippen molar-refractivity contribution in [2.75, 3.05) is 5.32 Å². The fraction of sp³-hybridized carbons (Fsp3) is 0.154. The minimum Gasteiger partial charge on any atom is -0.310 e. The summed E-state index contributed by atoms with van der Waals surface area (Å²) < 4.78 is 28.4. The maximum absolute atomic E-state index is 12.2. The van der Waals surface area contributed by atoms with E-state index in [9.17, 15) is 13.2 Å². The maximum Gasteiger partial charge on any atom is 0.215 e. The van der Waals surface area contributed by atoms with Crippen LogP contribution in [0.2, 0.25) is 0 Å². The molecule has 0 saturated carbocycles. The zero-order valence-corrected chi connectivity index (χ0v) is 15.3. The molecule has 0 aliphatic carbocycles. The van der Waals surface area contributed by atoms with Crippen molar-refractivity contribution >= 4 is 27.6 Å². The van der Waals surface area contributed by atoms with E-state index in [2.05, 4.69) is 26.3 Å². The summed E-state index contributed by atoms with van der Waals surface area (Å²) in [6.07, 6.45) is 1.46. The number of benzene rings is 1. The molecule has 1 aromatic heterocycles. The third-order valence-corrected chi connectivity index (χ3v) is 4.78. The molecule has 1 aliphatic rings. The van der Waals surface area contributed by atoms with E-state index in [1.165, 1.54) is 12.1 Å². The molecule has 114 valence electrons. The number of carbonyl (C=O) groups is 1. The van der Waals surface area contributed by atoms with Crippen molar-refractivity contribution < 1.29 is 38.9 Å². The van der Waals surface area contributed by atoms with Crippen molar-refractivity contribution in [2.24, 2.45) is 0 Å². The van der Waals surface area contributed by atoms with Gasteiger partial charge in [-0.2, -0.15) is 0 Å². The molecular weight excluding hydrogens is 478 g/mol. The van der Waals surface area contributed by atoms with Crippen LogP contribution >= 0.6 is 0 Å². The van der Waals surface area contributed by atoms with Gasteiger partial charge in [0.05, 0.1) is 0 Å². The number of nitrogens with one attached hydrogen (secondary N) is 1. The van der Waals surface area contributed by atoms with Crippen LogP contribution in [0.15, 0.2) is 21.0 Å². The second kappa shape index (κ2) is 5.77. The van der Waals surface area contributed by atoms with Gasteiger partial charge in [-0.25, -0.2) is 13.0 Å². The smallest absolute Gasteiger partial charge is 0.215 e. The van der Waals surface area contributed by atoms with E-state index >= 15 is 0 Å². The van der Waals surface area contributed by atoms with Gasteiger partial charge in [0.15, 0.2) is 15.7 Å². The molecule has 1 aromatic carbocycles. The average Bonchev–Trinajstić information content (AvgIpc) is 2.94. The molecule has 0 saturated heterocycles. The maximum atomic E-state index is 12.2. The number of sulfone groups is 1. The van der Waals surface area contributed by atoms with Crippen molar-refractivity contribution in [1.82, 2.24) is 10.3 Å². The number of aryl methyl sites for hydroxylation is 1. The van der Waals surface area contributed by atoms with E-state index in [0.717, 1.165) is 5.41 Å². The fourth-order valence-electron chi connectivity index (χ4n) is 2.12. The van der Waals surface area contributed by atoms with Crippen molar-refractivity contribution in [3.8, 4) is 0 Å². The topological polar surface area (TPSA) is 102 Å². The molecule has 1 N–H and O–H groups in total. The largest absolute Gasteiger partial charge is 0.310 e. The predicted molar refractivity (Wildman–Crippen MR) is 73.2 cm³/mol. The second-order valence-corrected chi connectivity index (χ2v) is 6.34. The number of fused-ring (bicyclic) bond motifs is 1. The van der Waals surface area contributed by atoms with Crippen LogP contribution in [0, 0.1) is 19.9 Å². The number of rotatable bonds is 2. The monoisotopic (exact) mass is 488 g/mol. The van der Waals surface area contributed by atoms with Crippen molar-refractivity contribution in [2.45, 2.75) is 18.7 Å². The molecule has 0 radical (unpaired) electrons. The Morgan fingerprint density at radius 3 is 2.68 bits per heavy atom. The van der Waals surface area contributed by atoms with Gasteiger partial charge < -0.3 is 5.32 Å². The number of hydrogen-bond acceptors (Lipinski definition) is 6. The molecule has 3 rings (SSSR count). The van der Waals surface area contributed by atoms with Gasteiger partial charge in [0, 0.05) is 21.1 Å². The fourth-order valence-corrected chi connectivity index (χ4v) is 3.54. The SMILES string of the molecule is Cc1nonc1NC(=O)c1c[c-]c2c(c1C)S(=O)(=O)C=C2.[W]. The van der Waals surface area contributed by atoms with Gasteiger partial charge in [-0.1, -0.05) is 12.1 Å². The third-order valence-electron chi connectivity index (χ3n) is 3.19. The summed E-state index contributed by atoms with van der Waals surface area (Å²) in [6.45, 7) is 3.21. The number of nitrogens with zero attached hydrogens (tertiary/aromatic N) is 2. The second-order valence-electron chi connectivity index (χ2n) is 4.57. The normalized spacial score (nSPS) is 14.3. The summed E-state index contributed by atoms with van der Waals surface area (Å²) in [7, 11) is -3.50. The van der Waals surface area contributed by atoms with Crippen LogP contribution in [0.1, 0.15) is 27.2 Å². The van der Waals surface area contributed by atoms with Gasteiger partial charge in [0.1, 0.15) is 5.69 Å². The summed E-state index contributed by atoms with van der Waals surface area (Å²) in [5.74, 6) is -0.298. The van der Waals surface area contributed by atoms with Gasteiger partial charge in [0.2, 0.25) is 5.91 Å². The molecule has 2 heterocycles. The number of anilines is 1. The Hall–Kier alpha value is -1.79. The number of carbonyl (C=O) groups excluding carboxylic acids is 1. The zero-order chi connectivity index (χ0) is 15.2. The molecule has 22 heavy (non-hydrogen) atoms. The van der Waals surface area contributed by atoms with Crippen LogP contribution in [0.3, 0.4) is 0 Å². The molecule has 2 aromatic rings. The molecular formula is C13H10N3O4SW-. The zero-order valence-electron chi connectivity index (χ0n) is 11.6. The first-order valence-corrected chi connectivity index (χ1v) is 7.54. The predicted octanol–water partition coefficient (Wildman–Crippen LogP) is 1.49. The van der Waals surface area contributed by atoms with Crippen LogP contribution in [-0.2, 0) is 30.9 Å². The molecule has 0 spiro atoms. The van der Waals surface area contributed by atoms with E-state index in [1.807, 2.05) is 0 Å². The summed E-state index contributed by atoms with van der Waals surface area (Å²) in [5.41, 5.74) is 1.48. The Morgan fingerprint density at radius 1 is 1.32 bits per heavy atom. The van der Waals surface area contributed by atoms with Crippen LogP contribution in [0.5, 0.6) is 0 Å². The van der Waals surface area contributed by atoms with E-state index in [0.29, 0.717) is 16.8 Å². The van der Waals surface area contributed by atoms with Crippen molar-refractivity contribution in [3.63, 3.8) is 0 Å². The molecule has 0 fully saturated rings. The Kier molecular flexibility index (Phi) is 4.35. The molecule has 0 unspecified atom stereocenters. The van der Waals surface area contributed by atoms with Crippen LogP contribution < -0.4 is 5.32 Å². The standard InChI is InChI=1S/C13H10N3O4S.W/c1-7-10(13(17)14-12-8(2)15-20-16-12)4-3-9-5-6-21(18,19)11(7)9;/h4-6H,1-2H3,(H,14,16,17);/q-1;. The number of hydrogen-bond donors (Lipinski definition) is 1. The minimum atomic E-state index is -3.50. The van der Waals surface area contributed by atoms with Gasteiger partial charge in [-0.15, -0.1) is 29.3 Å². The van der Waals surface area contributed by atoms with Crippen molar-refractivity contribution in [1.29, 1.82) is 0 Å². The van der Waals surface area contributed by atoms with Crippen LogP contribution in [0.4, 0.5) is 5.82 Å². The first-order valence-electron chi connectivity index (χ1n) is 5.99. The summed E-state index contributed by atoms with van der Waals surface area (Å²) in [5, 5.41) is 10.7. The summed E-state index contributed by atoms with van der Waals surface area (Å²) in [4.78, 5) is 12.4. The summed E-state index contributed by atoms with van der Waals surface area (Å²) in [6, 6.07) is 4.26. The van der Waals surface area contributed by atoms with Crippen LogP contribution in [0.25, 0.3) is 6.08 Å². The van der Waals surface area contributed by atoms with E-state index in [4.69, 9.17) is 0 Å². The van der Waals surface area contributed by atoms with Gasteiger partial charge in [-0.3, -0.25) is 4.79 Å². The molecule has 9 heteroatoms. The molecule has 1 aliphatic heterocycles. The van der Waals surface area contributed by atoms with E-state index < -0.39 is 15.7 Å². The molecule has 7 nitrogen and oxygen atoms in total. The van der Waals surface area contributed by atoms with Crippen LogP contribution in [-0.4, -0.2) is 24.6 Å². The molecule has 0 bridgehead atoms. The van der Waals surface area contributed by atoms with E-state index in [1.54, 1.807) is 13.8 Å². The molecule has 1 amide bonds. The average molecular weight is 488 g/mol. The first-order chi connectivity index (χ1) is 9.90. The summed E-state index contributed by atoms with van der Waals surface area (Å²) >= 11 is 0. The van der Waals surface area contributed by atoms with E-state index in [-0.39, 0.29) is 37.3 Å². The minimum absolute atomic E-state index is 0. The Labute approximate surface area is 140 Å². The van der Waals surface area contributed by atoms with Gasteiger partial charge in [0.25, 0.3) is 0 Å². The van der Waals surface area contributed by atoms with Gasteiger partial charge in [-0.05, 0) is 27.9 Å². The quantitative estimate of drug-likeness (QED) is 0.644. The number of aromatic nitrogens is 2. The Balaban J connectivity index is 0.00000176. The number of amides is 1. The first kappa shape index (κ1) is 16.6. The molecule has 0 atom stereocenters.